The summed E-state index contributed by atoms with van der Waals surface area (Å²) in [5, 5.41) is 13.5. The van der Waals surface area contributed by atoms with E-state index in [2.05, 4.69) is 5.32 Å². The third-order valence-electron chi connectivity index (χ3n) is 3.25. The Bertz CT molecular complexity index is 769. The number of rotatable bonds is 5. The maximum absolute atomic E-state index is 12.2. The van der Waals surface area contributed by atoms with Crippen LogP contribution in [0.1, 0.15) is 21.5 Å². The summed E-state index contributed by atoms with van der Waals surface area (Å²) < 4.78 is 0. The molecule has 2 aromatic rings. The van der Waals surface area contributed by atoms with E-state index < -0.39 is 10.8 Å². The summed E-state index contributed by atoms with van der Waals surface area (Å²) in [5.41, 5.74) is 7.13. The average Bonchev–Trinajstić information content (AvgIpc) is 2.48. The van der Waals surface area contributed by atoms with E-state index >= 15 is 0 Å². The number of nitro groups is 1. The SMILES string of the molecule is Cc1cc(C(=O)Nc2ccc(CC(N)=O)cc2)ccc1[N+](=O)[O-]. The number of nitrogens with one attached hydrogen (secondary N) is 1. The molecule has 7 nitrogen and oxygen atoms in total. The van der Waals surface area contributed by atoms with Gasteiger partial charge < -0.3 is 11.1 Å². The number of nitro benzene ring substituents is 1. The lowest BCUT2D eigenvalue weighted by molar-refractivity contribution is -0.385. The van der Waals surface area contributed by atoms with Crippen LogP contribution in [0.5, 0.6) is 0 Å². The van der Waals surface area contributed by atoms with Gasteiger partial charge in [-0.25, -0.2) is 0 Å². The monoisotopic (exact) mass is 313 g/mol. The Hall–Kier alpha value is -3.22. The van der Waals surface area contributed by atoms with Crippen LogP contribution in [0, 0.1) is 17.0 Å². The van der Waals surface area contributed by atoms with Gasteiger partial charge in [0.1, 0.15) is 0 Å². The van der Waals surface area contributed by atoms with Crippen molar-refractivity contribution >= 4 is 23.2 Å². The molecule has 0 radical (unpaired) electrons. The number of hydrogen-bond acceptors (Lipinski definition) is 4. The second kappa shape index (κ2) is 6.69. The average molecular weight is 313 g/mol. The normalized spacial score (nSPS) is 10.1. The number of aryl methyl sites for hydroxylation is 1. The van der Waals surface area contributed by atoms with Crippen molar-refractivity contribution in [3.63, 3.8) is 0 Å². The van der Waals surface area contributed by atoms with Crippen molar-refractivity contribution in [2.45, 2.75) is 13.3 Å². The second-order valence-corrected chi connectivity index (χ2v) is 5.05. The number of nitrogens with two attached hydrogens (primary N) is 1. The summed E-state index contributed by atoms with van der Waals surface area (Å²) >= 11 is 0. The largest absolute Gasteiger partial charge is 0.369 e. The number of carbonyl (C=O) groups excluding carboxylic acids is 2. The first-order valence-electron chi connectivity index (χ1n) is 6.80. The van der Waals surface area contributed by atoms with Crippen LogP contribution in [-0.2, 0) is 11.2 Å². The Morgan fingerprint density at radius 2 is 1.83 bits per heavy atom. The van der Waals surface area contributed by atoms with Gasteiger partial charge in [-0.05, 0) is 36.8 Å². The van der Waals surface area contributed by atoms with Crippen molar-refractivity contribution in [2.75, 3.05) is 5.32 Å². The molecule has 0 saturated heterocycles. The highest BCUT2D eigenvalue weighted by Crippen LogP contribution is 2.19. The van der Waals surface area contributed by atoms with Crippen LogP contribution in [-0.4, -0.2) is 16.7 Å². The van der Waals surface area contributed by atoms with Crippen LogP contribution in [0.3, 0.4) is 0 Å². The molecule has 2 rings (SSSR count). The first-order valence-corrected chi connectivity index (χ1v) is 6.80. The fourth-order valence-electron chi connectivity index (χ4n) is 2.11. The summed E-state index contributed by atoms with van der Waals surface area (Å²) in [6.45, 7) is 1.58. The molecular weight excluding hydrogens is 298 g/mol. The van der Waals surface area contributed by atoms with Gasteiger partial charge in [-0.15, -0.1) is 0 Å². The van der Waals surface area contributed by atoms with Crippen LogP contribution in [0.15, 0.2) is 42.5 Å². The number of nitrogens with zero attached hydrogens (tertiary/aromatic N) is 1. The Morgan fingerprint density at radius 1 is 1.17 bits per heavy atom. The lowest BCUT2D eigenvalue weighted by Crippen LogP contribution is -2.14. The molecule has 23 heavy (non-hydrogen) atoms. The van der Waals surface area contributed by atoms with Gasteiger partial charge in [-0.3, -0.25) is 19.7 Å². The smallest absolute Gasteiger partial charge is 0.272 e. The van der Waals surface area contributed by atoms with Gasteiger partial charge in [0, 0.05) is 22.9 Å². The molecule has 0 atom stereocenters. The summed E-state index contributed by atoms with van der Waals surface area (Å²) in [6.07, 6.45) is 0.135. The third kappa shape index (κ3) is 4.13. The zero-order valence-electron chi connectivity index (χ0n) is 12.4. The predicted molar refractivity (Wildman–Crippen MR) is 85.1 cm³/mol. The van der Waals surface area contributed by atoms with E-state index in [1.54, 1.807) is 31.2 Å². The molecule has 2 amide bonds. The molecule has 0 spiro atoms. The van der Waals surface area contributed by atoms with Crippen molar-refractivity contribution in [3.05, 3.63) is 69.3 Å². The van der Waals surface area contributed by atoms with Crippen LogP contribution >= 0.6 is 0 Å². The topological polar surface area (TPSA) is 115 Å². The molecule has 0 aliphatic rings. The van der Waals surface area contributed by atoms with Crippen LogP contribution in [0.25, 0.3) is 0 Å². The van der Waals surface area contributed by atoms with Gasteiger partial charge in [0.05, 0.1) is 11.3 Å². The predicted octanol–water partition coefficient (Wildman–Crippen LogP) is 2.18. The van der Waals surface area contributed by atoms with E-state index in [1.165, 1.54) is 18.2 Å². The maximum atomic E-state index is 12.2. The lowest BCUT2D eigenvalue weighted by Gasteiger charge is -2.07. The molecule has 0 fully saturated rings. The van der Waals surface area contributed by atoms with Gasteiger partial charge >= 0.3 is 0 Å². The zero-order chi connectivity index (χ0) is 17.0. The van der Waals surface area contributed by atoms with Gasteiger partial charge in [0.25, 0.3) is 11.6 Å². The molecule has 0 bridgehead atoms. The summed E-state index contributed by atoms with van der Waals surface area (Å²) in [4.78, 5) is 33.3. The Morgan fingerprint density at radius 3 is 2.35 bits per heavy atom. The zero-order valence-corrected chi connectivity index (χ0v) is 12.4. The highest BCUT2D eigenvalue weighted by atomic mass is 16.6. The van der Waals surface area contributed by atoms with Crippen LogP contribution in [0.4, 0.5) is 11.4 Å². The maximum Gasteiger partial charge on any atom is 0.272 e. The first-order chi connectivity index (χ1) is 10.9. The number of anilines is 1. The van der Waals surface area contributed by atoms with E-state index in [-0.39, 0.29) is 18.0 Å². The fraction of sp³-hybridized carbons (Fsp3) is 0.125. The number of hydrogen-bond donors (Lipinski definition) is 2. The number of benzene rings is 2. The Kier molecular flexibility index (Phi) is 4.70. The molecule has 118 valence electrons. The van der Waals surface area contributed by atoms with Crippen molar-refractivity contribution in [3.8, 4) is 0 Å². The lowest BCUT2D eigenvalue weighted by atomic mass is 10.1. The second-order valence-electron chi connectivity index (χ2n) is 5.05. The van der Waals surface area contributed by atoms with Gasteiger partial charge in [-0.1, -0.05) is 12.1 Å². The van der Waals surface area contributed by atoms with E-state index in [9.17, 15) is 19.7 Å². The highest BCUT2D eigenvalue weighted by molar-refractivity contribution is 6.04. The van der Waals surface area contributed by atoms with E-state index in [4.69, 9.17) is 5.73 Å². The van der Waals surface area contributed by atoms with Gasteiger partial charge in [0.15, 0.2) is 0 Å². The van der Waals surface area contributed by atoms with Gasteiger partial charge in [-0.2, -0.15) is 0 Å². The van der Waals surface area contributed by atoms with Crippen LogP contribution < -0.4 is 11.1 Å². The summed E-state index contributed by atoms with van der Waals surface area (Å²) in [7, 11) is 0. The van der Waals surface area contributed by atoms with Crippen molar-refractivity contribution in [2.24, 2.45) is 5.73 Å². The minimum Gasteiger partial charge on any atom is -0.369 e. The summed E-state index contributed by atoms with van der Waals surface area (Å²) in [6, 6.07) is 10.9. The molecule has 2 aromatic carbocycles. The number of carbonyl (C=O) groups is 2. The molecular formula is C16H15N3O4. The standard InChI is InChI=1S/C16H15N3O4/c1-10-8-12(4-7-14(10)19(22)23)16(21)18-13-5-2-11(3-6-13)9-15(17)20/h2-8H,9H2,1H3,(H2,17,20)(H,18,21). The summed E-state index contributed by atoms with van der Waals surface area (Å²) in [5.74, 6) is -0.797. The van der Waals surface area contributed by atoms with E-state index in [1.807, 2.05) is 0 Å². The first kappa shape index (κ1) is 16.2. The molecule has 0 aromatic heterocycles. The third-order valence-corrected chi connectivity index (χ3v) is 3.25. The molecule has 3 N–H and O–H groups in total. The Balaban J connectivity index is 2.11. The number of amides is 2. The van der Waals surface area contributed by atoms with Crippen molar-refractivity contribution in [1.29, 1.82) is 0 Å². The van der Waals surface area contributed by atoms with E-state index in [0.29, 0.717) is 16.8 Å². The minimum absolute atomic E-state index is 0.0302. The van der Waals surface area contributed by atoms with Gasteiger partial charge in [0.2, 0.25) is 5.91 Å². The molecule has 0 heterocycles. The fourth-order valence-corrected chi connectivity index (χ4v) is 2.11. The molecule has 0 unspecified atom stereocenters. The molecule has 7 heteroatoms. The van der Waals surface area contributed by atoms with E-state index in [0.717, 1.165) is 5.56 Å². The highest BCUT2D eigenvalue weighted by Gasteiger charge is 2.14. The molecule has 0 aliphatic carbocycles. The molecule has 0 aliphatic heterocycles. The quantitative estimate of drug-likeness (QED) is 0.650. The Labute approximate surface area is 132 Å². The molecule has 0 saturated carbocycles. The number of primary amides is 1. The van der Waals surface area contributed by atoms with Crippen molar-refractivity contribution in [1.82, 2.24) is 0 Å². The minimum atomic E-state index is -0.492. The van der Waals surface area contributed by atoms with Crippen molar-refractivity contribution < 1.29 is 14.5 Å². The van der Waals surface area contributed by atoms with Crippen LogP contribution in [0.2, 0.25) is 0 Å².